The Morgan fingerprint density at radius 2 is 1.91 bits per heavy atom. The summed E-state index contributed by atoms with van der Waals surface area (Å²) in [6, 6.07) is 11.9. The van der Waals surface area contributed by atoms with Gasteiger partial charge in [-0.15, -0.1) is 0 Å². The van der Waals surface area contributed by atoms with Gasteiger partial charge in [-0.1, -0.05) is 51.1 Å². The van der Waals surface area contributed by atoms with E-state index in [0.29, 0.717) is 35.5 Å². The maximum Gasteiger partial charge on any atom is 0.307 e. The molecule has 2 aliphatic rings. The first-order valence-electron chi connectivity index (χ1n) is 10.4. The molecular formula is C25H25N3O4. The molecule has 0 saturated heterocycles. The number of Topliss-reactive ketones (excluding diaryl/α,β-unsaturated/α-hetero) is 1. The number of fused-ring (bicyclic) bond motifs is 3. The van der Waals surface area contributed by atoms with E-state index in [1.54, 1.807) is 12.3 Å². The molecule has 2 aromatic carbocycles. The van der Waals surface area contributed by atoms with E-state index in [0.717, 1.165) is 11.3 Å². The number of ketones is 1. The van der Waals surface area contributed by atoms with Crippen LogP contribution in [0.4, 0.5) is 11.4 Å². The second-order valence-electron chi connectivity index (χ2n) is 9.07. The van der Waals surface area contributed by atoms with Crippen molar-refractivity contribution in [2.75, 3.05) is 10.2 Å². The molecule has 1 unspecified atom stereocenters. The lowest BCUT2D eigenvalue weighted by atomic mass is 9.87. The van der Waals surface area contributed by atoms with Gasteiger partial charge in [-0.25, -0.2) is 0 Å². The van der Waals surface area contributed by atoms with Crippen molar-refractivity contribution in [2.24, 2.45) is 4.99 Å². The lowest BCUT2D eigenvalue weighted by Crippen LogP contribution is -2.24. The molecule has 0 spiro atoms. The molecule has 0 aliphatic carbocycles. The van der Waals surface area contributed by atoms with Gasteiger partial charge in [0.2, 0.25) is 6.41 Å². The zero-order valence-corrected chi connectivity index (χ0v) is 18.3. The van der Waals surface area contributed by atoms with Crippen molar-refractivity contribution in [2.45, 2.75) is 45.1 Å². The summed E-state index contributed by atoms with van der Waals surface area (Å²) in [6.45, 7) is 7.00. The number of carbonyl (C=O) groups is 3. The van der Waals surface area contributed by atoms with Crippen LogP contribution < -0.4 is 10.2 Å². The molecule has 2 aliphatic heterocycles. The fraction of sp³-hybridized carbons (Fsp3) is 0.280. The molecule has 2 aromatic rings. The molecule has 1 atom stereocenters. The summed E-state index contributed by atoms with van der Waals surface area (Å²) in [6.07, 6.45) is 3.19. The Morgan fingerprint density at radius 1 is 1.19 bits per heavy atom. The lowest BCUT2D eigenvalue weighted by Gasteiger charge is -2.24. The van der Waals surface area contributed by atoms with Gasteiger partial charge in [-0.2, -0.15) is 0 Å². The summed E-state index contributed by atoms with van der Waals surface area (Å²) < 4.78 is 0. The zero-order chi connectivity index (χ0) is 23.0. The predicted molar refractivity (Wildman–Crippen MR) is 123 cm³/mol. The van der Waals surface area contributed by atoms with Crippen LogP contribution in [-0.4, -0.2) is 29.5 Å². The Kier molecular flexibility index (Phi) is 5.42. The van der Waals surface area contributed by atoms with Crippen LogP contribution in [0.3, 0.4) is 0 Å². The number of amides is 1. The Bertz CT molecular complexity index is 1160. The summed E-state index contributed by atoms with van der Waals surface area (Å²) >= 11 is 0. The molecule has 0 aromatic heterocycles. The Labute approximate surface area is 186 Å². The van der Waals surface area contributed by atoms with Crippen LogP contribution in [0.15, 0.2) is 53.3 Å². The fourth-order valence-electron chi connectivity index (χ4n) is 4.33. The van der Waals surface area contributed by atoms with Crippen LogP contribution in [0, 0.1) is 0 Å². The number of aliphatic imine (C=N–C) groups is 1. The van der Waals surface area contributed by atoms with Crippen molar-refractivity contribution in [1.29, 1.82) is 0 Å². The summed E-state index contributed by atoms with van der Waals surface area (Å²) in [5.74, 6) is -1.84. The van der Waals surface area contributed by atoms with E-state index in [1.165, 1.54) is 11.8 Å². The molecule has 32 heavy (non-hydrogen) atoms. The van der Waals surface area contributed by atoms with Gasteiger partial charge < -0.3 is 15.3 Å². The van der Waals surface area contributed by atoms with Gasteiger partial charge in [0, 0.05) is 24.0 Å². The van der Waals surface area contributed by atoms with E-state index in [-0.39, 0.29) is 17.6 Å². The number of hydrogen-bond acceptors (Lipinski definition) is 5. The number of nitrogens with zero attached hydrogens (tertiary/aromatic N) is 2. The molecule has 7 heteroatoms. The zero-order valence-electron chi connectivity index (χ0n) is 18.3. The SMILES string of the molecule is CC(C)(C)c1ccc(CN2C3=CN=CC(=O)C3c3c2ccc(CC(=O)O)c3NC=O)cc1. The minimum atomic E-state index is -1.01. The topological polar surface area (TPSA) is 99.1 Å². The van der Waals surface area contributed by atoms with Crippen molar-refractivity contribution >= 4 is 35.8 Å². The highest BCUT2D eigenvalue weighted by molar-refractivity contribution is 6.33. The maximum atomic E-state index is 12.8. The molecule has 0 radical (unpaired) electrons. The maximum absolute atomic E-state index is 12.8. The van der Waals surface area contributed by atoms with Crippen molar-refractivity contribution in [1.82, 2.24) is 0 Å². The number of carboxylic acids is 1. The summed E-state index contributed by atoms with van der Waals surface area (Å²) in [7, 11) is 0. The lowest BCUT2D eigenvalue weighted by molar-refractivity contribution is -0.136. The van der Waals surface area contributed by atoms with Crippen molar-refractivity contribution in [3.8, 4) is 0 Å². The number of benzene rings is 2. The van der Waals surface area contributed by atoms with Gasteiger partial charge in [0.15, 0.2) is 5.78 Å². The van der Waals surface area contributed by atoms with Crippen LogP contribution in [0.25, 0.3) is 0 Å². The molecule has 0 bridgehead atoms. The average Bonchev–Trinajstić information content (AvgIpc) is 3.04. The number of anilines is 2. The molecule has 164 valence electrons. The predicted octanol–water partition coefficient (Wildman–Crippen LogP) is 3.78. The molecule has 2 N–H and O–H groups in total. The number of carboxylic acid groups (broad SMARTS) is 1. The van der Waals surface area contributed by atoms with E-state index in [1.807, 2.05) is 11.0 Å². The van der Waals surface area contributed by atoms with Gasteiger partial charge >= 0.3 is 5.97 Å². The fourth-order valence-corrected chi connectivity index (χ4v) is 4.33. The molecular weight excluding hydrogens is 406 g/mol. The quantitative estimate of drug-likeness (QED) is 0.678. The van der Waals surface area contributed by atoms with Gasteiger partial charge in [-0.05, 0) is 28.2 Å². The molecule has 4 rings (SSSR count). The molecule has 2 heterocycles. The third-order valence-corrected chi connectivity index (χ3v) is 5.89. The monoisotopic (exact) mass is 431 g/mol. The molecule has 0 saturated carbocycles. The molecule has 1 amide bonds. The highest BCUT2D eigenvalue weighted by atomic mass is 16.4. The Morgan fingerprint density at radius 3 is 2.53 bits per heavy atom. The minimum absolute atomic E-state index is 0.0485. The second-order valence-corrected chi connectivity index (χ2v) is 9.07. The average molecular weight is 431 g/mol. The molecule has 0 fully saturated rings. The number of nitrogens with one attached hydrogen (secondary N) is 1. The standard InChI is InChI=1S/C25H25N3O4/c1-25(2,3)17-7-4-15(5-8-17)13-28-18-9-6-16(10-21(31)32)24(27-14-29)23(18)22-19(28)11-26-12-20(22)30/h4-9,11-12,14,22H,10,13H2,1-3H3,(H,27,29)(H,31,32). The number of hydrogen-bond donors (Lipinski definition) is 2. The highest BCUT2D eigenvalue weighted by Crippen LogP contribution is 2.50. The number of aliphatic carboxylic acids is 1. The number of carbonyl (C=O) groups excluding carboxylic acids is 2. The van der Waals surface area contributed by atoms with E-state index >= 15 is 0 Å². The van der Waals surface area contributed by atoms with Crippen LogP contribution in [0.5, 0.6) is 0 Å². The van der Waals surface area contributed by atoms with Gasteiger partial charge in [0.1, 0.15) is 0 Å². The van der Waals surface area contributed by atoms with Gasteiger partial charge in [0.05, 0.1) is 29.9 Å². The van der Waals surface area contributed by atoms with Gasteiger partial charge in [0.25, 0.3) is 0 Å². The van der Waals surface area contributed by atoms with E-state index < -0.39 is 11.9 Å². The molecule has 7 nitrogen and oxygen atoms in total. The minimum Gasteiger partial charge on any atom is -0.481 e. The Hall–Kier alpha value is -3.74. The first-order chi connectivity index (χ1) is 15.2. The third-order valence-electron chi connectivity index (χ3n) is 5.89. The first-order valence-corrected chi connectivity index (χ1v) is 10.4. The largest absolute Gasteiger partial charge is 0.481 e. The van der Waals surface area contributed by atoms with Crippen LogP contribution in [0.2, 0.25) is 0 Å². The van der Waals surface area contributed by atoms with Crippen LogP contribution in [-0.2, 0) is 32.8 Å². The first kappa shape index (κ1) is 21.5. The summed E-state index contributed by atoms with van der Waals surface area (Å²) in [5, 5.41) is 11.9. The van der Waals surface area contributed by atoms with Crippen molar-refractivity contribution in [3.05, 3.63) is 70.5 Å². The third kappa shape index (κ3) is 3.82. The smallest absolute Gasteiger partial charge is 0.307 e. The Balaban J connectivity index is 1.80. The highest BCUT2D eigenvalue weighted by Gasteiger charge is 2.41. The van der Waals surface area contributed by atoms with Crippen molar-refractivity contribution in [3.63, 3.8) is 0 Å². The number of allylic oxidation sites excluding steroid dienone is 1. The van der Waals surface area contributed by atoms with Gasteiger partial charge in [-0.3, -0.25) is 19.4 Å². The van der Waals surface area contributed by atoms with Crippen LogP contribution >= 0.6 is 0 Å². The van der Waals surface area contributed by atoms with Crippen LogP contribution in [0.1, 0.15) is 48.9 Å². The summed E-state index contributed by atoms with van der Waals surface area (Å²) in [5.41, 5.74) is 5.27. The number of rotatable bonds is 6. The van der Waals surface area contributed by atoms with E-state index in [2.05, 4.69) is 55.3 Å². The van der Waals surface area contributed by atoms with E-state index in [4.69, 9.17) is 0 Å². The second kappa shape index (κ2) is 8.07. The van der Waals surface area contributed by atoms with Crippen molar-refractivity contribution < 1.29 is 19.5 Å². The normalized spacial score (nSPS) is 17.0. The van der Waals surface area contributed by atoms with E-state index in [9.17, 15) is 19.5 Å². The summed E-state index contributed by atoms with van der Waals surface area (Å²) in [4.78, 5) is 41.6.